The molecule has 0 saturated carbocycles. The number of aromatic amines is 1. The van der Waals surface area contributed by atoms with Crippen molar-refractivity contribution in [3.8, 4) is 0 Å². The molecule has 6 heteroatoms. The number of likely N-dealkylation sites (tertiary alicyclic amines) is 1. The average molecular weight is 367 g/mol. The second-order valence-electron chi connectivity index (χ2n) is 7.13. The van der Waals surface area contributed by atoms with Gasteiger partial charge >= 0.3 is 0 Å². The Balaban J connectivity index is 1.55. The molecule has 3 rings (SSSR count). The summed E-state index contributed by atoms with van der Waals surface area (Å²) in [6, 6.07) is 9.96. The Bertz CT molecular complexity index is 860. The Morgan fingerprint density at radius 2 is 2.04 bits per heavy atom. The molecule has 1 fully saturated rings. The number of aromatic nitrogens is 2. The van der Waals surface area contributed by atoms with Crippen LogP contribution >= 0.6 is 0 Å². The zero-order chi connectivity index (χ0) is 19.2. The van der Waals surface area contributed by atoms with E-state index in [9.17, 15) is 14.4 Å². The molecule has 142 valence electrons. The fourth-order valence-corrected chi connectivity index (χ4v) is 3.49. The number of H-pyrrole nitrogens is 1. The Hall–Kier alpha value is -2.76. The maximum atomic E-state index is 12.6. The van der Waals surface area contributed by atoms with E-state index < -0.39 is 0 Å². The Morgan fingerprint density at radius 3 is 2.78 bits per heavy atom. The van der Waals surface area contributed by atoms with Crippen LogP contribution in [0.1, 0.15) is 36.2 Å². The lowest BCUT2D eigenvalue weighted by atomic mass is 9.90. The van der Waals surface area contributed by atoms with Gasteiger partial charge in [0.25, 0.3) is 5.56 Å². The predicted molar refractivity (Wildman–Crippen MR) is 102 cm³/mol. The van der Waals surface area contributed by atoms with E-state index in [0.29, 0.717) is 30.9 Å². The lowest BCUT2D eigenvalue weighted by molar-refractivity contribution is -0.134. The highest BCUT2D eigenvalue weighted by Gasteiger charge is 2.28. The molecule has 1 unspecified atom stereocenters. The minimum Gasteiger partial charge on any atom is -0.342 e. The maximum Gasteiger partial charge on any atom is 0.254 e. The van der Waals surface area contributed by atoms with Gasteiger partial charge in [-0.1, -0.05) is 30.3 Å². The maximum absolute atomic E-state index is 12.6. The van der Waals surface area contributed by atoms with Crippen LogP contribution in [0, 0.1) is 12.8 Å². The molecule has 0 aliphatic carbocycles. The van der Waals surface area contributed by atoms with Crippen molar-refractivity contribution in [2.45, 2.75) is 39.0 Å². The van der Waals surface area contributed by atoms with E-state index in [-0.39, 0.29) is 29.6 Å². The first-order chi connectivity index (χ1) is 13.0. The van der Waals surface area contributed by atoms with Crippen molar-refractivity contribution in [1.29, 1.82) is 0 Å². The van der Waals surface area contributed by atoms with Gasteiger partial charge in [-0.3, -0.25) is 14.4 Å². The summed E-state index contributed by atoms with van der Waals surface area (Å²) in [4.78, 5) is 45.5. The van der Waals surface area contributed by atoms with Crippen molar-refractivity contribution in [3.05, 3.63) is 63.8 Å². The second-order valence-corrected chi connectivity index (χ2v) is 7.13. The van der Waals surface area contributed by atoms with Gasteiger partial charge in [-0.15, -0.1) is 0 Å². The van der Waals surface area contributed by atoms with Gasteiger partial charge < -0.3 is 9.88 Å². The smallest absolute Gasteiger partial charge is 0.254 e. The van der Waals surface area contributed by atoms with Crippen LogP contribution in [-0.2, 0) is 22.4 Å². The van der Waals surface area contributed by atoms with E-state index in [1.807, 2.05) is 30.3 Å². The summed E-state index contributed by atoms with van der Waals surface area (Å²) >= 11 is 0. The number of hydrogen-bond donors (Lipinski definition) is 1. The van der Waals surface area contributed by atoms with E-state index in [0.717, 1.165) is 24.8 Å². The molecule has 2 aromatic rings. The van der Waals surface area contributed by atoms with Crippen LogP contribution in [0.5, 0.6) is 0 Å². The molecule has 1 saturated heterocycles. The van der Waals surface area contributed by atoms with Crippen LogP contribution in [0.15, 0.2) is 41.3 Å². The van der Waals surface area contributed by atoms with E-state index in [2.05, 4.69) is 9.97 Å². The summed E-state index contributed by atoms with van der Waals surface area (Å²) < 4.78 is 0. The average Bonchev–Trinajstić information content (AvgIpc) is 2.69. The van der Waals surface area contributed by atoms with Crippen molar-refractivity contribution >= 4 is 11.7 Å². The van der Waals surface area contributed by atoms with Crippen LogP contribution in [0.4, 0.5) is 0 Å². The van der Waals surface area contributed by atoms with Crippen molar-refractivity contribution < 1.29 is 9.59 Å². The fourth-order valence-electron chi connectivity index (χ4n) is 3.49. The Kier molecular flexibility index (Phi) is 6.16. The molecule has 0 bridgehead atoms. The Labute approximate surface area is 158 Å². The number of Topliss-reactive ketones (excluding diaryl/α,β-unsaturated/α-hetero) is 1. The number of carbonyl (C=O) groups excluding carboxylic acids is 2. The minimum atomic E-state index is -0.275. The number of amides is 1. The van der Waals surface area contributed by atoms with Gasteiger partial charge in [0.05, 0.1) is 6.42 Å². The highest BCUT2D eigenvalue weighted by Crippen LogP contribution is 2.20. The predicted octanol–water partition coefficient (Wildman–Crippen LogP) is 2.06. The monoisotopic (exact) mass is 367 g/mol. The minimum absolute atomic E-state index is 0.0214. The SMILES string of the molecule is Cc1ncc(CC(=O)N2CCCC(C(=O)CCc3ccccc3)C2)c(=O)[nH]1. The first-order valence-corrected chi connectivity index (χ1v) is 9.42. The third-order valence-corrected chi connectivity index (χ3v) is 5.07. The molecule has 1 N–H and O–H groups in total. The first-order valence-electron chi connectivity index (χ1n) is 9.42. The van der Waals surface area contributed by atoms with Gasteiger partial charge in [-0.05, 0) is 31.7 Å². The topological polar surface area (TPSA) is 83.1 Å². The van der Waals surface area contributed by atoms with Gasteiger partial charge in [0, 0.05) is 37.2 Å². The number of benzene rings is 1. The molecule has 1 aromatic heterocycles. The van der Waals surface area contributed by atoms with Crippen LogP contribution in [0.3, 0.4) is 0 Å². The molecule has 1 atom stereocenters. The number of aryl methyl sites for hydroxylation is 2. The summed E-state index contributed by atoms with van der Waals surface area (Å²) in [6.07, 6.45) is 4.35. The van der Waals surface area contributed by atoms with E-state index >= 15 is 0 Å². The van der Waals surface area contributed by atoms with Gasteiger partial charge in [0.2, 0.25) is 5.91 Å². The number of piperidine rings is 1. The standard InChI is InChI=1S/C21H25N3O3/c1-15-22-13-18(21(27)23-15)12-20(26)24-11-5-8-17(14-24)19(25)10-9-16-6-3-2-4-7-16/h2-4,6-7,13,17H,5,8-12,14H2,1H3,(H,22,23,27). The van der Waals surface area contributed by atoms with Crippen molar-refractivity contribution in [2.24, 2.45) is 5.92 Å². The molecule has 1 amide bonds. The molecule has 0 spiro atoms. The number of hydrogen-bond acceptors (Lipinski definition) is 4. The van der Waals surface area contributed by atoms with Gasteiger partial charge in [0.1, 0.15) is 11.6 Å². The van der Waals surface area contributed by atoms with Crippen LogP contribution in [0.25, 0.3) is 0 Å². The lowest BCUT2D eigenvalue weighted by Gasteiger charge is -2.32. The Morgan fingerprint density at radius 1 is 1.26 bits per heavy atom. The fraction of sp³-hybridized carbons (Fsp3) is 0.429. The molecule has 27 heavy (non-hydrogen) atoms. The summed E-state index contributed by atoms with van der Waals surface area (Å²) in [5.74, 6) is 0.511. The molecule has 1 aliphatic rings. The highest BCUT2D eigenvalue weighted by atomic mass is 16.2. The zero-order valence-electron chi connectivity index (χ0n) is 15.6. The highest BCUT2D eigenvalue weighted by molar-refractivity contribution is 5.83. The zero-order valence-corrected chi connectivity index (χ0v) is 15.6. The van der Waals surface area contributed by atoms with Gasteiger partial charge in [-0.25, -0.2) is 4.98 Å². The summed E-state index contributed by atoms with van der Waals surface area (Å²) in [6.45, 7) is 2.78. The molecular formula is C21H25N3O3. The van der Waals surface area contributed by atoms with Crippen molar-refractivity contribution in [3.63, 3.8) is 0 Å². The molecule has 2 heterocycles. The van der Waals surface area contributed by atoms with Crippen molar-refractivity contribution in [2.75, 3.05) is 13.1 Å². The van der Waals surface area contributed by atoms with E-state index in [4.69, 9.17) is 0 Å². The number of rotatable bonds is 6. The van der Waals surface area contributed by atoms with Crippen LogP contribution in [-0.4, -0.2) is 39.6 Å². The molecular weight excluding hydrogens is 342 g/mol. The number of nitrogens with one attached hydrogen (secondary N) is 1. The molecule has 1 aliphatic heterocycles. The van der Waals surface area contributed by atoms with E-state index in [1.165, 1.54) is 6.20 Å². The number of carbonyl (C=O) groups is 2. The normalized spacial score (nSPS) is 16.9. The lowest BCUT2D eigenvalue weighted by Crippen LogP contribution is -2.43. The van der Waals surface area contributed by atoms with Gasteiger partial charge in [0.15, 0.2) is 0 Å². The number of nitrogens with zero attached hydrogens (tertiary/aromatic N) is 2. The molecule has 0 radical (unpaired) electrons. The second kappa shape index (κ2) is 8.75. The summed E-state index contributed by atoms with van der Waals surface area (Å²) in [5.41, 5.74) is 1.24. The number of ketones is 1. The summed E-state index contributed by atoms with van der Waals surface area (Å²) in [7, 11) is 0. The largest absolute Gasteiger partial charge is 0.342 e. The van der Waals surface area contributed by atoms with Crippen LogP contribution in [0.2, 0.25) is 0 Å². The summed E-state index contributed by atoms with van der Waals surface area (Å²) in [5, 5.41) is 0. The third kappa shape index (κ3) is 5.12. The first kappa shape index (κ1) is 19.0. The van der Waals surface area contributed by atoms with Gasteiger partial charge in [-0.2, -0.15) is 0 Å². The quantitative estimate of drug-likeness (QED) is 0.847. The van der Waals surface area contributed by atoms with Crippen LogP contribution < -0.4 is 5.56 Å². The van der Waals surface area contributed by atoms with Crippen molar-refractivity contribution in [1.82, 2.24) is 14.9 Å². The molecule has 1 aromatic carbocycles. The third-order valence-electron chi connectivity index (χ3n) is 5.07. The van der Waals surface area contributed by atoms with E-state index in [1.54, 1.807) is 11.8 Å². The molecule has 6 nitrogen and oxygen atoms in total.